The molecular formula is C22H42. The van der Waals surface area contributed by atoms with Gasteiger partial charge in [0.15, 0.2) is 0 Å². The highest BCUT2D eigenvalue weighted by atomic mass is 14.2. The number of unbranched alkanes of at least 4 members (excludes halogenated alkanes) is 7. The Balaban J connectivity index is 3.43. The molecule has 0 heteroatoms. The third-order valence-corrected chi connectivity index (χ3v) is 4.73. The number of hydrogen-bond acceptors (Lipinski definition) is 0. The summed E-state index contributed by atoms with van der Waals surface area (Å²) in [5, 5.41) is 0. The van der Waals surface area contributed by atoms with E-state index in [2.05, 4.69) is 58.9 Å². The van der Waals surface area contributed by atoms with Crippen molar-refractivity contribution in [2.45, 2.75) is 98.8 Å². The van der Waals surface area contributed by atoms with Gasteiger partial charge in [0.05, 0.1) is 0 Å². The van der Waals surface area contributed by atoms with Crippen molar-refractivity contribution in [3.05, 3.63) is 24.3 Å². The lowest BCUT2D eigenvalue weighted by atomic mass is 9.81. The van der Waals surface area contributed by atoms with Gasteiger partial charge in [-0.2, -0.15) is 0 Å². The zero-order valence-corrected chi connectivity index (χ0v) is 16.1. The van der Waals surface area contributed by atoms with Crippen molar-refractivity contribution in [3.8, 4) is 0 Å². The van der Waals surface area contributed by atoms with Gasteiger partial charge in [-0.1, -0.05) is 97.4 Å². The molecule has 0 aromatic carbocycles. The third-order valence-electron chi connectivity index (χ3n) is 4.73. The van der Waals surface area contributed by atoms with Gasteiger partial charge in [-0.05, 0) is 43.4 Å². The molecule has 0 heterocycles. The molecule has 0 N–H and O–H groups in total. The first-order valence-electron chi connectivity index (χ1n) is 9.91. The summed E-state index contributed by atoms with van der Waals surface area (Å²) in [4.78, 5) is 0. The maximum Gasteiger partial charge on any atom is -0.0348 e. The van der Waals surface area contributed by atoms with Crippen molar-refractivity contribution >= 4 is 0 Å². The van der Waals surface area contributed by atoms with Crippen molar-refractivity contribution in [1.29, 1.82) is 0 Å². The lowest BCUT2D eigenvalue weighted by molar-refractivity contribution is 0.261. The molecule has 0 unspecified atom stereocenters. The number of allylic oxidation sites excluding steroid dienone is 4. The normalized spacial score (nSPS) is 12.7. The van der Waals surface area contributed by atoms with Crippen LogP contribution in [0, 0.1) is 17.8 Å². The van der Waals surface area contributed by atoms with Gasteiger partial charge in [-0.3, -0.25) is 0 Å². The molecule has 22 heavy (non-hydrogen) atoms. The van der Waals surface area contributed by atoms with Gasteiger partial charge in [0.2, 0.25) is 0 Å². The fourth-order valence-electron chi connectivity index (χ4n) is 3.28. The molecule has 0 rings (SSSR count). The van der Waals surface area contributed by atoms with Crippen LogP contribution in [0.3, 0.4) is 0 Å². The minimum Gasteiger partial charge on any atom is -0.0845 e. The molecule has 0 saturated heterocycles. The van der Waals surface area contributed by atoms with E-state index in [4.69, 9.17) is 0 Å². The molecule has 0 atom stereocenters. The van der Waals surface area contributed by atoms with E-state index in [0.717, 1.165) is 17.8 Å². The molecule has 0 fully saturated rings. The molecule has 0 spiro atoms. The zero-order valence-electron chi connectivity index (χ0n) is 16.1. The SMILES string of the molecule is CCCCC=CC=CCCCCCCCC(C(C)C)C(C)C. The Morgan fingerprint density at radius 3 is 1.68 bits per heavy atom. The standard InChI is InChI=1S/C22H42/c1-6-7-8-9-10-11-12-13-14-15-16-17-18-19-22(20(2)3)21(4)5/h9-12,20-22H,6-8,13-19H2,1-5H3. The van der Waals surface area contributed by atoms with Gasteiger partial charge in [0.25, 0.3) is 0 Å². The van der Waals surface area contributed by atoms with Crippen LogP contribution in [0.2, 0.25) is 0 Å². The Kier molecular flexibility index (Phi) is 15.0. The number of hydrogen-bond donors (Lipinski definition) is 0. The predicted octanol–water partition coefficient (Wildman–Crippen LogP) is 7.95. The minimum absolute atomic E-state index is 0.843. The van der Waals surface area contributed by atoms with Crippen LogP contribution in [0.5, 0.6) is 0 Å². The molecule has 130 valence electrons. The fraction of sp³-hybridized carbons (Fsp3) is 0.818. The van der Waals surface area contributed by atoms with Crippen LogP contribution in [-0.4, -0.2) is 0 Å². The molecule has 0 radical (unpaired) electrons. The van der Waals surface area contributed by atoms with Crippen molar-refractivity contribution in [3.63, 3.8) is 0 Å². The topological polar surface area (TPSA) is 0 Å². The average Bonchev–Trinajstić information content (AvgIpc) is 2.46. The Morgan fingerprint density at radius 1 is 0.636 bits per heavy atom. The quantitative estimate of drug-likeness (QED) is 0.225. The number of rotatable bonds is 14. The molecule has 0 aromatic heterocycles. The summed E-state index contributed by atoms with van der Waals surface area (Å²) >= 11 is 0. The molecule has 0 nitrogen and oxygen atoms in total. The average molecular weight is 307 g/mol. The second-order valence-electron chi connectivity index (χ2n) is 7.50. The molecule has 0 aliphatic heterocycles. The summed E-state index contributed by atoms with van der Waals surface area (Å²) in [6, 6.07) is 0. The highest BCUT2D eigenvalue weighted by Crippen LogP contribution is 2.26. The molecule has 0 saturated carbocycles. The summed E-state index contributed by atoms with van der Waals surface area (Å²) < 4.78 is 0. The maximum atomic E-state index is 2.38. The lowest BCUT2D eigenvalue weighted by Gasteiger charge is -2.24. The summed E-state index contributed by atoms with van der Waals surface area (Å²) in [7, 11) is 0. The van der Waals surface area contributed by atoms with Gasteiger partial charge >= 0.3 is 0 Å². The molecule has 0 amide bonds. The van der Waals surface area contributed by atoms with E-state index in [9.17, 15) is 0 Å². The van der Waals surface area contributed by atoms with E-state index in [1.807, 2.05) is 0 Å². The van der Waals surface area contributed by atoms with E-state index in [0.29, 0.717) is 0 Å². The van der Waals surface area contributed by atoms with Gasteiger partial charge < -0.3 is 0 Å². The first-order chi connectivity index (χ1) is 10.6. The van der Waals surface area contributed by atoms with Crippen LogP contribution < -0.4 is 0 Å². The van der Waals surface area contributed by atoms with Gasteiger partial charge in [0.1, 0.15) is 0 Å². The Morgan fingerprint density at radius 2 is 1.14 bits per heavy atom. The molecule has 0 aliphatic rings. The Bertz CT molecular complexity index is 262. The fourth-order valence-corrected chi connectivity index (χ4v) is 3.28. The van der Waals surface area contributed by atoms with Crippen LogP contribution in [0.15, 0.2) is 24.3 Å². The van der Waals surface area contributed by atoms with E-state index < -0.39 is 0 Å². The molecular weight excluding hydrogens is 264 g/mol. The van der Waals surface area contributed by atoms with Crippen LogP contribution in [0.1, 0.15) is 98.8 Å². The second-order valence-corrected chi connectivity index (χ2v) is 7.50. The Labute approximate surface area is 141 Å². The first-order valence-corrected chi connectivity index (χ1v) is 9.91. The lowest BCUT2D eigenvalue weighted by Crippen LogP contribution is -2.15. The predicted molar refractivity (Wildman–Crippen MR) is 103 cm³/mol. The second kappa shape index (κ2) is 15.4. The third kappa shape index (κ3) is 13.2. The highest BCUT2D eigenvalue weighted by Gasteiger charge is 2.16. The van der Waals surface area contributed by atoms with Gasteiger partial charge in [-0.25, -0.2) is 0 Å². The van der Waals surface area contributed by atoms with E-state index in [-0.39, 0.29) is 0 Å². The monoisotopic (exact) mass is 306 g/mol. The molecule has 0 aromatic rings. The van der Waals surface area contributed by atoms with E-state index >= 15 is 0 Å². The zero-order chi connectivity index (χ0) is 16.6. The maximum absolute atomic E-state index is 2.38. The van der Waals surface area contributed by atoms with Crippen molar-refractivity contribution < 1.29 is 0 Å². The van der Waals surface area contributed by atoms with Crippen LogP contribution >= 0.6 is 0 Å². The first kappa shape index (κ1) is 21.5. The smallest absolute Gasteiger partial charge is 0.0348 e. The molecule has 0 aliphatic carbocycles. The van der Waals surface area contributed by atoms with Crippen LogP contribution in [0.4, 0.5) is 0 Å². The minimum atomic E-state index is 0.843. The van der Waals surface area contributed by atoms with Crippen molar-refractivity contribution in [2.75, 3.05) is 0 Å². The Hall–Kier alpha value is -0.520. The van der Waals surface area contributed by atoms with E-state index in [1.54, 1.807) is 0 Å². The van der Waals surface area contributed by atoms with E-state index in [1.165, 1.54) is 64.2 Å². The largest absolute Gasteiger partial charge is 0.0845 e. The van der Waals surface area contributed by atoms with Gasteiger partial charge in [0, 0.05) is 0 Å². The summed E-state index contributed by atoms with van der Waals surface area (Å²) in [5.41, 5.74) is 0. The van der Waals surface area contributed by atoms with Crippen molar-refractivity contribution in [2.24, 2.45) is 17.8 Å². The van der Waals surface area contributed by atoms with Gasteiger partial charge in [-0.15, -0.1) is 0 Å². The van der Waals surface area contributed by atoms with Crippen molar-refractivity contribution in [1.82, 2.24) is 0 Å². The van der Waals surface area contributed by atoms with Crippen LogP contribution in [-0.2, 0) is 0 Å². The highest BCUT2D eigenvalue weighted by molar-refractivity contribution is 5.02. The summed E-state index contributed by atoms with van der Waals surface area (Å²) in [6.45, 7) is 11.8. The molecule has 0 bridgehead atoms. The summed E-state index contributed by atoms with van der Waals surface area (Å²) in [5.74, 6) is 2.61. The summed E-state index contributed by atoms with van der Waals surface area (Å²) in [6.07, 6.45) is 22.6. The van der Waals surface area contributed by atoms with Crippen LogP contribution in [0.25, 0.3) is 0 Å².